The topological polar surface area (TPSA) is 86.7 Å². The maximum atomic E-state index is 11.3. The van der Waals surface area contributed by atoms with E-state index in [0.29, 0.717) is 12.6 Å². The molecule has 18 heavy (non-hydrogen) atoms. The molecule has 0 bridgehead atoms. The lowest BCUT2D eigenvalue weighted by Crippen LogP contribution is -2.09. The van der Waals surface area contributed by atoms with Crippen LogP contribution in [0.1, 0.15) is 20.7 Å². The van der Waals surface area contributed by atoms with Gasteiger partial charge in [0.05, 0.1) is 11.1 Å². The number of carbonyl (C=O) groups is 4. The molecular weight excluding hydrogens is 240 g/mol. The Kier molecular flexibility index (Phi) is 5.24. The van der Waals surface area contributed by atoms with Crippen LogP contribution in [-0.4, -0.2) is 37.7 Å². The van der Waals surface area contributed by atoms with E-state index < -0.39 is 11.9 Å². The van der Waals surface area contributed by atoms with Crippen LogP contribution in [0.5, 0.6) is 0 Å². The highest BCUT2D eigenvalue weighted by Crippen LogP contribution is 2.07. The van der Waals surface area contributed by atoms with Crippen LogP contribution in [0.15, 0.2) is 24.3 Å². The molecule has 0 fully saturated rings. The van der Waals surface area contributed by atoms with Gasteiger partial charge in [0.1, 0.15) is 13.2 Å². The summed E-state index contributed by atoms with van der Waals surface area (Å²) in [5.41, 5.74) is 0.424. The third-order valence-electron chi connectivity index (χ3n) is 1.92. The van der Waals surface area contributed by atoms with Crippen molar-refractivity contribution in [1.29, 1.82) is 0 Å². The minimum atomic E-state index is -0.657. The Labute approximate surface area is 102 Å². The van der Waals surface area contributed by atoms with Crippen LogP contribution in [-0.2, 0) is 19.1 Å². The summed E-state index contributed by atoms with van der Waals surface area (Å²) < 4.78 is 9.15. The fourth-order valence-corrected chi connectivity index (χ4v) is 1.13. The zero-order valence-electron chi connectivity index (χ0n) is 9.33. The van der Waals surface area contributed by atoms with Crippen molar-refractivity contribution in [2.45, 2.75) is 0 Å². The largest absolute Gasteiger partial charge is 0.454 e. The van der Waals surface area contributed by atoms with Crippen molar-refractivity contribution < 1.29 is 28.7 Å². The Hall–Kier alpha value is -2.50. The fourth-order valence-electron chi connectivity index (χ4n) is 1.13. The van der Waals surface area contributed by atoms with Gasteiger partial charge >= 0.3 is 11.9 Å². The Bertz CT molecular complexity index is 405. The Balaban J connectivity index is 2.67. The van der Waals surface area contributed by atoms with Gasteiger partial charge in [-0.25, -0.2) is 9.59 Å². The van der Waals surface area contributed by atoms with E-state index >= 15 is 0 Å². The Morgan fingerprint density at radius 1 is 0.833 bits per heavy atom. The smallest absolute Gasteiger partial charge is 0.338 e. The molecule has 6 heteroatoms. The third kappa shape index (κ3) is 3.82. The van der Waals surface area contributed by atoms with E-state index in [0.717, 1.165) is 0 Å². The van der Waals surface area contributed by atoms with Gasteiger partial charge in [-0.05, 0) is 24.3 Å². The first kappa shape index (κ1) is 13.6. The van der Waals surface area contributed by atoms with E-state index in [2.05, 4.69) is 9.47 Å². The van der Waals surface area contributed by atoms with Crippen molar-refractivity contribution in [2.24, 2.45) is 0 Å². The Morgan fingerprint density at radius 2 is 1.17 bits per heavy atom. The van der Waals surface area contributed by atoms with Gasteiger partial charge in [0.25, 0.3) is 0 Å². The molecule has 1 aromatic carbocycles. The predicted octanol–water partition coefficient (Wildman–Crippen LogP) is 0.398. The van der Waals surface area contributed by atoms with Gasteiger partial charge in [-0.2, -0.15) is 0 Å². The third-order valence-corrected chi connectivity index (χ3v) is 1.92. The Morgan fingerprint density at radius 3 is 1.44 bits per heavy atom. The SMILES string of the molecule is O=CCOC(=O)c1ccc(C(=O)OCC=O)cc1. The second kappa shape index (κ2) is 6.95. The second-order valence-corrected chi connectivity index (χ2v) is 3.11. The van der Waals surface area contributed by atoms with E-state index in [4.69, 9.17) is 0 Å². The number of esters is 2. The predicted molar refractivity (Wildman–Crippen MR) is 59.1 cm³/mol. The molecule has 1 rings (SSSR count). The lowest BCUT2D eigenvalue weighted by molar-refractivity contribution is -0.111. The summed E-state index contributed by atoms with van der Waals surface area (Å²) in [7, 11) is 0. The maximum absolute atomic E-state index is 11.3. The molecular formula is C12H10O6. The molecule has 0 aromatic heterocycles. The van der Waals surface area contributed by atoms with E-state index in [1.807, 2.05) is 0 Å². The van der Waals surface area contributed by atoms with E-state index in [-0.39, 0.29) is 24.3 Å². The summed E-state index contributed by atoms with van der Waals surface area (Å²) in [6, 6.07) is 5.46. The molecule has 0 amide bonds. The second-order valence-electron chi connectivity index (χ2n) is 3.11. The summed E-state index contributed by atoms with van der Waals surface area (Å²) in [6.07, 6.45) is 0.923. The quantitative estimate of drug-likeness (QED) is 0.536. The summed E-state index contributed by atoms with van der Waals surface area (Å²) in [5.74, 6) is -1.31. The van der Waals surface area contributed by atoms with Crippen molar-refractivity contribution in [1.82, 2.24) is 0 Å². The fraction of sp³-hybridized carbons (Fsp3) is 0.167. The zero-order chi connectivity index (χ0) is 13.4. The average Bonchev–Trinajstić information content (AvgIpc) is 2.42. The highest BCUT2D eigenvalue weighted by Gasteiger charge is 2.10. The molecule has 1 aromatic rings. The van der Waals surface area contributed by atoms with Crippen LogP contribution in [0.3, 0.4) is 0 Å². The zero-order valence-corrected chi connectivity index (χ0v) is 9.33. The van der Waals surface area contributed by atoms with Crippen molar-refractivity contribution in [3.63, 3.8) is 0 Å². The molecule has 0 aliphatic rings. The number of aldehydes is 2. The van der Waals surface area contributed by atoms with Gasteiger partial charge in [0.15, 0.2) is 12.6 Å². The van der Waals surface area contributed by atoms with Crippen molar-refractivity contribution in [2.75, 3.05) is 13.2 Å². The standard InChI is InChI=1S/C12H10O6/c13-5-7-17-11(15)9-1-2-10(4-3-9)12(16)18-8-6-14/h1-6H,7-8H2. The van der Waals surface area contributed by atoms with Gasteiger partial charge in [-0.1, -0.05) is 0 Å². The van der Waals surface area contributed by atoms with Crippen molar-refractivity contribution in [3.8, 4) is 0 Å². The van der Waals surface area contributed by atoms with Crippen LogP contribution in [0.25, 0.3) is 0 Å². The first-order chi connectivity index (χ1) is 8.69. The molecule has 0 unspecified atom stereocenters. The summed E-state index contributed by atoms with van der Waals surface area (Å²) in [6.45, 7) is -0.635. The molecule has 6 nitrogen and oxygen atoms in total. The van der Waals surface area contributed by atoms with Crippen LogP contribution >= 0.6 is 0 Å². The molecule has 0 saturated carbocycles. The lowest BCUT2D eigenvalue weighted by atomic mass is 10.1. The normalized spacial score (nSPS) is 9.33. The van der Waals surface area contributed by atoms with Crippen LogP contribution in [0.2, 0.25) is 0 Å². The minimum Gasteiger partial charge on any atom is -0.454 e. The van der Waals surface area contributed by atoms with Gasteiger partial charge in [-0.3, -0.25) is 9.59 Å². The molecule has 0 spiro atoms. The molecule has 0 aliphatic carbocycles. The number of benzene rings is 1. The number of hydrogen-bond acceptors (Lipinski definition) is 6. The van der Waals surface area contributed by atoms with Crippen LogP contribution < -0.4 is 0 Å². The summed E-state index contributed by atoms with van der Waals surface area (Å²) in [4.78, 5) is 42.7. The monoisotopic (exact) mass is 250 g/mol. The van der Waals surface area contributed by atoms with Gasteiger partial charge in [0.2, 0.25) is 0 Å². The average molecular weight is 250 g/mol. The van der Waals surface area contributed by atoms with Gasteiger partial charge in [0, 0.05) is 0 Å². The van der Waals surface area contributed by atoms with Crippen molar-refractivity contribution in [3.05, 3.63) is 35.4 Å². The number of ether oxygens (including phenoxy) is 2. The lowest BCUT2D eigenvalue weighted by Gasteiger charge is -2.03. The summed E-state index contributed by atoms with van der Waals surface area (Å²) >= 11 is 0. The van der Waals surface area contributed by atoms with Crippen molar-refractivity contribution >= 4 is 24.5 Å². The molecule has 0 heterocycles. The molecule has 0 saturated heterocycles. The number of carbonyl (C=O) groups excluding carboxylic acids is 4. The first-order valence-electron chi connectivity index (χ1n) is 5.00. The van der Waals surface area contributed by atoms with Gasteiger partial charge < -0.3 is 9.47 Å². The van der Waals surface area contributed by atoms with Crippen LogP contribution in [0, 0.1) is 0 Å². The van der Waals surface area contributed by atoms with Gasteiger partial charge in [-0.15, -0.1) is 0 Å². The van der Waals surface area contributed by atoms with E-state index in [9.17, 15) is 19.2 Å². The highest BCUT2D eigenvalue weighted by atomic mass is 16.5. The molecule has 0 aliphatic heterocycles. The van der Waals surface area contributed by atoms with Crippen LogP contribution in [0.4, 0.5) is 0 Å². The highest BCUT2D eigenvalue weighted by molar-refractivity contribution is 5.93. The first-order valence-corrected chi connectivity index (χ1v) is 5.00. The van der Waals surface area contributed by atoms with E-state index in [1.54, 1.807) is 0 Å². The minimum absolute atomic E-state index is 0.212. The summed E-state index contributed by atoms with van der Waals surface area (Å²) in [5, 5.41) is 0. The van der Waals surface area contributed by atoms with E-state index in [1.165, 1.54) is 24.3 Å². The number of hydrogen-bond donors (Lipinski definition) is 0. The molecule has 94 valence electrons. The molecule has 0 radical (unpaired) electrons. The molecule has 0 atom stereocenters. The number of rotatable bonds is 6. The molecule has 0 N–H and O–H groups in total. The maximum Gasteiger partial charge on any atom is 0.338 e.